The zero-order valence-corrected chi connectivity index (χ0v) is 17.3. The molecule has 0 fully saturated rings. The first-order chi connectivity index (χ1) is 14.2. The fraction of sp³-hybridized carbons (Fsp3) is 0.0455. The van der Waals surface area contributed by atoms with Gasteiger partial charge in [0, 0.05) is 28.5 Å². The van der Waals surface area contributed by atoms with Gasteiger partial charge >= 0.3 is 0 Å². The number of aromatic nitrogens is 2. The largest absolute Gasteiger partial charge is 0.232 e. The smallest absolute Gasteiger partial charge is 0.175 e. The van der Waals surface area contributed by atoms with Crippen molar-refractivity contribution >= 4 is 21.4 Å². The van der Waals surface area contributed by atoms with Crippen molar-refractivity contribution in [1.82, 2.24) is 9.78 Å². The molecule has 0 bridgehead atoms. The lowest BCUT2D eigenvalue weighted by Crippen LogP contribution is -2.02. The van der Waals surface area contributed by atoms with Crippen LogP contribution in [-0.4, -0.2) is 24.5 Å². The highest BCUT2D eigenvalue weighted by atomic mass is 35.5. The summed E-state index contributed by atoms with van der Waals surface area (Å²) in [6, 6.07) is 18.1. The normalized spacial score (nSPS) is 11.6. The summed E-state index contributed by atoms with van der Waals surface area (Å²) in [4.78, 5) is 0.158. The van der Waals surface area contributed by atoms with Gasteiger partial charge in [-0.1, -0.05) is 23.7 Å². The predicted octanol–water partition coefficient (Wildman–Crippen LogP) is 5.54. The molecule has 0 amide bonds. The number of nitrogens with zero attached hydrogens (tertiary/aromatic N) is 2. The highest BCUT2D eigenvalue weighted by Crippen LogP contribution is 2.31. The van der Waals surface area contributed by atoms with Crippen LogP contribution >= 0.6 is 11.6 Å². The lowest BCUT2D eigenvalue weighted by molar-refractivity contribution is 0.584. The van der Waals surface area contributed by atoms with Crippen molar-refractivity contribution < 1.29 is 17.2 Å². The van der Waals surface area contributed by atoms with Gasteiger partial charge in [-0.05, 0) is 54.6 Å². The maximum Gasteiger partial charge on any atom is 0.175 e. The Morgan fingerprint density at radius 2 is 1.57 bits per heavy atom. The molecule has 3 aromatic carbocycles. The second-order valence-electron chi connectivity index (χ2n) is 6.72. The van der Waals surface area contributed by atoms with E-state index in [1.165, 1.54) is 28.9 Å². The maximum atomic E-state index is 14.5. The Labute approximate surface area is 177 Å². The predicted molar refractivity (Wildman–Crippen MR) is 112 cm³/mol. The Kier molecular flexibility index (Phi) is 5.17. The van der Waals surface area contributed by atoms with E-state index in [4.69, 9.17) is 11.6 Å². The lowest BCUT2D eigenvalue weighted by Gasteiger charge is -2.09. The molecular weight excluding hydrogens is 430 g/mol. The number of hydrogen-bond donors (Lipinski definition) is 0. The molecule has 1 aromatic heterocycles. The van der Waals surface area contributed by atoms with E-state index in [0.717, 1.165) is 17.9 Å². The first-order valence-corrected chi connectivity index (χ1v) is 11.1. The van der Waals surface area contributed by atoms with Gasteiger partial charge in [0.25, 0.3) is 0 Å². The fourth-order valence-electron chi connectivity index (χ4n) is 3.06. The monoisotopic (exact) mass is 444 g/mol. The van der Waals surface area contributed by atoms with Gasteiger partial charge in [-0.3, -0.25) is 0 Å². The molecule has 1 heterocycles. The van der Waals surface area contributed by atoms with Gasteiger partial charge in [-0.25, -0.2) is 21.9 Å². The summed E-state index contributed by atoms with van der Waals surface area (Å²) in [6.45, 7) is 0. The third-order valence-electron chi connectivity index (χ3n) is 4.57. The van der Waals surface area contributed by atoms with Crippen molar-refractivity contribution in [3.63, 3.8) is 0 Å². The van der Waals surface area contributed by atoms with Crippen molar-refractivity contribution in [2.45, 2.75) is 4.90 Å². The molecule has 0 spiro atoms. The number of sulfone groups is 1. The third kappa shape index (κ3) is 3.99. The van der Waals surface area contributed by atoms with Gasteiger partial charge < -0.3 is 0 Å². The zero-order valence-electron chi connectivity index (χ0n) is 15.7. The number of hydrogen-bond acceptors (Lipinski definition) is 3. The van der Waals surface area contributed by atoms with Crippen LogP contribution in [0.5, 0.6) is 0 Å². The average Bonchev–Trinajstić information content (AvgIpc) is 3.13. The Morgan fingerprint density at radius 3 is 2.17 bits per heavy atom. The second-order valence-corrected chi connectivity index (χ2v) is 9.18. The van der Waals surface area contributed by atoms with E-state index >= 15 is 0 Å². The number of rotatable bonds is 4. The molecule has 0 saturated heterocycles. The Hall–Kier alpha value is -3.03. The van der Waals surface area contributed by atoms with E-state index in [1.54, 1.807) is 42.5 Å². The quantitative estimate of drug-likeness (QED) is 0.415. The van der Waals surface area contributed by atoms with Crippen molar-refractivity contribution in [3.8, 4) is 28.2 Å². The minimum absolute atomic E-state index is 0.158. The van der Waals surface area contributed by atoms with E-state index < -0.39 is 21.5 Å². The molecule has 8 heteroatoms. The van der Waals surface area contributed by atoms with E-state index in [-0.39, 0.29) is 10.5 Å². The van der Waals surface area contributed by atoms with E-state index in [0.29, 0.717) is 22.1 Å². The van der Waals surface area contributed by atoms with E-state index in [2.05, 4.69) is 5.10 Å². The topological polar surface area (TPSA) is 52.0 Å². The van der Waals surface area contributed by atoms with E-state index in [9.17, 15) is 17.2 Å². The van der Waals surface area contributed by atoms with Crippen molar-refractivity contribution in [2.24, 2.45) is 0 Å². The molecule has 0 atom stereocenters. The molecule has 4 rings (SSSR count). The van der Waals surface area contributed by atoms with Crippen LogP contribution in [0.1, 0.15) is 0 Å². The zero-order chi connectivity index (χ0) is 21.5. The van der Waals surface area contributed by atoms with E-state index in [1.807, 2.05) is 0 Å². The molecule has 0 unspecified atom stereocenters. The number of benzene rings is 3. The summed E-state index contributed by atoms with van der Waals surface area (Å²) in [5.74, 6) is -1.41. The van der Waals surface area contributed by atoms with Gasteiger partial charge in [-0.15, -0.1) is 0 Å². The summed E-state index contributed by atoms with van der Waals surface area (Å²) in [7, 11) is -3.36. The van der Waals surface area contributed by atoms with Gasteiger partial charge in [0.15, 0.2) is 9.84 Å². The second kappa shape index (κ2) is 7.66. The molecule has 4 aromatic rings. The Balaban J connectivity index is 1.90. The first-order valence-electron chi connectivity index (χ1n) is 8.84. The summed E-state index contributed by atoms with van der Waals surface area (Å²) in [5.41, 5.74) is 2.40. The maximum absolute atomic E-state index is 14.5. The Morgan fingerprint density at radius 1 is 0.900 bits per heavy atom. The van der Waals surface area contributed by atoms with Gasteiger partial charge in [0.1, 0.15) is 11.6 Å². The first kappa shape index (κ1) is 20.3. The van der Waals surface area contributed by atoms with Crippen LogP contribution in [0.15, 0.2) is 77.7 Å². The van der Waals surface area contributed by atoms with Crippen molar-refractivity contribution in [3.05, 3.63) is 89.5 Å². The molecule has 0 aliphatic rings. The fourth-order valence-corrected chi connectivity index (χ4v) is 3.82. The van der Waals surface area contributed by atoms with Gasteiger partial charge in [0.2, 0.25) is 0 Å². The Bertz CT molecular complexity index is 1330. The van der Waals surface area contributed by atoms with Crippen LogP contribution < -0.4 is 0 Å². The molecular formula is C22H15ClF2N2O2S. The minimum Gasteiger partial charge on any atom is -0.232 e. The lowest BCUT2D eigenvalue weighted by atomic mass is 10.1. The third-order valence-corrected chi connectivity index (χ3v) is 5.95. The van der Waals surface area contributed by atoms with Crippen LogP contribution in [-0.2, 0) is 9.84 Å². The molecule has 0 aliphatic heterocycles. The molecule has 30 heavy (non-hydrogen) atoms. The molecule has 0 radical (unpaired) electrons. The summed E-state index contributed by atoms with van der Waals surface area (Å²) < 4.78 is 52.9. The molecule has 0 N–H and O–H groups in total. The highest BCUT2D eigenvalue weighted by molar-refractivity contribution is 7.90. The number of halogens is 3. The van der Waals surface area contributed by atoms with Crippen LogP contribution in [0.2, 0.25) is 5.02 Å². The van der Waals surface area contributed by atoms with Crippen LogP contribution in [0.25, 0.3) is 28.2 Å². The molecule has 0 aliphatic carbocycles. The highest BCUT2D eigenvalue weighted by Gasteiger charge is 2.17. The summed E-state index contributed by atoms with van der Waals surface area (Å²) in [6.07, 6.45) is 1.12. The van der Waals surface area contributed by atoms with Gasteiger partial charge in [-0.2, -0.15) is 5.10 Å². The molecule has 152 valence electrons. The minimum atomic E-state index is -3.36. The average molecular weight is 445 g/mol. The van der Waals surface area contributed by atoms with Gasteiger partial charge in [0.05, 0.1) is 22.0 Å². The SMILES string of the molecule is CS(=O)(=O)c1ccc(-n2nc(-c3ccc(Cl)cc3)cc2-c2ccc(F)cc2F)cc1. The molecule has 0 saturated carbocycles. The van der Waals surface area contributed by atoms with Crippen molar-refractivity contribution in [2.75, 3.05) is 6.26 Å². The summed E-state index contributed by atoms with van der Waals surface area (Å²) in [5, 5.41) is 5.14. The standard InChI is InChI=1S/C22H15ClF2N2O2S/c1-30(28,29)18-9-7-17(8-10-18)27-22(19-11-6-16(24)12-20(19)25)13-21(26-27)14-2-4-15(23)5-3-14/h2-13H,1H3. The van der Waals surface area contributed by atoms with Crippen LogP contribution in [0, 0.1) is 11.6 Å². The molecule has 4 nitrogen and oxygen atoms in total. The van der Waals surface area contributed by atoms with Crippen LogP contribution in [0.3, 0.4) is 0 Å². The van der Waals surface area contributed by atoms with Crippen molar-refractivity contribution in [1.29, 1.82) is 0 Å². The van der Waals surface area contributed by atoms with Crippen LogP contribution in [0.4, 0.5) is 8.78 Å². The summed E-state index contributed by atoms with van der Waals surface area (Å²) >= 11 is 5.95.